The van der Waals surface area contributed by atoms with Gasteiger partial charge in [0.25, 0.3) is 0 Å². The molecule has 5 nitrogen and oxygen atoms in total. The normalized spacial score (nSPS) is 12.3. The van der Waals surface area contributed by atoms with Crippen LogP contribution in [-0.4, -0.2) is 21.5 Å². The molecule has 2 aromatic heterocycles. The summed E-state index contributed by atoms with van der Waals surface area (Å²) in [5.41, 5.74) is 7.74. The second-order valence-electron chi connectivity index (χ2n) is 4.39. The molecule has 5 heteroatoms. The summed E-state index contributed by atoms with van der Waals surface area (Å²) in [5.74, 6) is 0.791. The molecule has 0 bridgehead atoms. The largest absolute Gasteiger partial charge is 0.398 e. The second kappa shape index (κ2) is 6.80. The maximum Gasteiger partial charge on any atom is 0.145 e. The molecule has 1 atom stereocenters. The first kappa shape index (κ1) is 13.4. The summed E-state index contributed by atoms with van der Waals surface area (Å²) >= 11 is 0. The lowest BCUT2D eigenvalue weighted by atomic mass is 10.1. The molecule has 0 aliphatic carbocycles. The molecular weight excluding hydrogens is 238 g/mol. The molecule has 1 unspecified atom stereocenters. The summed E-state index contributed by atoms with van der Waals surface area (Å²) in [4.78, 5) is 12.8. The molecule has 2 rings (SSSR count). The molecular formula is C14H19N5. The van der Waals surface area contributed by atoms with Crippen molar-refractivity contribution < 1.29 is 0 Å². The summed E-state index contributed by atoms with van der Waals surface area (Å²) < 4.78 is 0. The van der Waals surface area contributed by atoms with Crippen molar-refractivity contribution in [2.24, 2.45) is 0 Å². The number of hydrogen-bond acceptors (Lipinski definition) is 5. The van der Waals surface area contributed by atoms with Crippen LogP contribution in [0, 0.1) is 0 Å². The number of nitrogen functional groups attached to an aromatic ring is 1. The van der Waals surface area contributed by atoms with Crippen LogP contribution in [0.15, 0.2) is 36.9 Å². The first-order valence-electron chi connectivity index (χ1n) is 6.50. The van der Waals surface area contributed by atoms with Crippen LogP contribution in [-0.2, 0) is 6.42 Å². The average molecular weight is 257 g/mol. The number of pyridine rings is 1. The number of hydrogen-bond donors (Lipinski definition) is 2. The Kier molecular flexibility index (Phi) is 4.80. The van der Waals surface area contributed by atoms with Gasteiger partial charge < -0.3 is 11.1 Å². The molecule has 0 aliphatic heterocycles. The van der Waals surface area contributed by atoms with Gasteiger partial charge in [-0.2, -0.15) is 0 Å². The van der Waals surface area contributed by atoms with E-state index in [9.17, 15) is 0 Å². The SMILES string of the molecule is CCCNC(Cc1cnccc1N)c1ncccn1. The van der Waals surface area contributed by atoms with Gasteiger partial charge in [0.1, 0.15) is 5.82 Å². The van der Waals surface area contributed by atoms with Crippen LogP contribution in [0.4, 0.5) is 5.69 Å². The molecule has 0 radical (unpaired) electrons. The Labute approximate surface area is 113 Å². The molecule has 0 amide bonds. The third-order valence-corrected chi connectivity index (χ3v) is 2.90. The highest BCUT2D eigenvalue weighted by atomic mass is 15.0. The molecule has 3 N–H and O–H groups in total. The van der Waals surface area contributed by atoms with E-state index in [0.717, 1.165) is 36.5 Å². The minimum atomic E-state index is 0.0626. The van der Waals surface area contributed by atoms with Crippen LogP contribution in [0.25, 0.3) is 0 Å². The fourth-order valence-electron chi connectivity index (χ4n) is 1.89. The van der Waals surface area contributed by atoms with Gasteiger partial charge in [-0.25, -0.2) is 9.97 Å². The summed E-state index contributed by atoms with van der Waals surface area (Å²) in [6, 6.07) is 3.70. The Hall–Kier alpha value is -2.01. The quantitative estimate of drug-likeness (QED) is 0.824. The minimum Gasteiger partial charge on any atom is -0.398 e. The number of nitrogens with one attached hydrogen (secondary N) is 1. The van der Waals surface area contributed by atoms with Crippen LogP contribution in [0.1, 0.15) is 30.8 Å². The average Bonchev–Trinajstić information content (AvgIpc) is 2.46. The van der Waals surface area contributed by atoms with Crippen LogP contribution in [0.5, 0.6) is 0 Å². The van der Waals surface area contributed by atoms with Crippen molar-refractivity contribution in [1.29, 1.82) is 0 Å². The zero-order valence-corrected chi connectivity index (χ0v) is 11.1. The molecule has 19 heavy (non-hydrogen) atoms. The third kappa shape index (κ3) is 3.72. The van der Waals surface area contributed by atoms with Crippen molar-refractivity contribution in [2.45, 2.75) is 25.8 Å². The van der Waals surface area contributed by atoms with Crippen molar-refractivity contribution >= 4 is 5.69 Å². The van der Waals surface area contributed by atoms with E-state index in [4.69, 9.17) is 5.73 Å². The van der Waals surface area contributed by atoms with Crippen LogP contribution >= 0.6 is 0 Å². The fourth-order valence-corrected chi connectivity index (χ4v) is 1.89. The van der Waals surface area contributed by atoms with Crippen LogP contribution in [0.2, 0.25) is 0 Å². The highest BCUT2D eigenvalue weighted by molar-refractivity contribution is 5.44. The standard InChI is InChI=1S/C14H19N5/c1-2-5-17-13(14-18-6-3-7-19-14)9-11-10-16-8-4-12(11)15/h3-4,6-8,10,13,17H,2,5,9H2,1H3,(H2,15,16). The van der Waals surface area contributed by atoms with Crippen molar-refractivity contribution in [2.75, 3.05) is 12.3 Å². The molecule has 0 aliphatic rings. The first-order valence-corrected chi connectivity index (χ1v) is 6.50. The second-order valence-corrected chi connectivity index (χ2v) is 4.39. The molecule has 0 saturated carbocycles. The molecule has 2 aromatic rings. The molecule has 0 fully saturated rings. The number of nitrogens with two attached hydrogens (primary N) is 1. The highest BCUT2D eigenvalue weighted by Crippen LogP contribution is 2.18. The van der Waals surface area contributed by atoms with Crippen LogP contribution < -0.4 is 11.1 Å². The van der Waals surface area contributed by atoms with Gasteiger partial charge in [-0.1, -0.05) is 6.92 Å². The molecule has 0 spiro atoms. The predicted octanol–water partition coefficient (Wildman–Crippen LogP) is 1.74. The van der Waals surface area contributed by atoms with Gasteiger partial charge in [0.05, 0.1) is 6.04 Å². The van der Waals surface area contributed by atoms with E-state index in [2.05, 4.69) is 27.2 Å². The predicted molar refractivity (Wildman–Crippen MR) is 75.4 cm³/mol. The Morgan fingerprint density at radius 2 is 2.05 bits per heavy atom. The molecule has 0 aromatic carbocycles. The Morgan fingerprint density at radius 1 is 1.26 bits per heavy atom. The summed E-state index contributed by atoms with van der Waals surface area (Å²) in [5, 5.41) is 3.45. The van der Waals surface area contributed by atoms with Crippen LogP contribution in [0.3, 0.4) is 0 Å². The fraction of sp³-hybridized carbons (Fsp3) is 0.357. The van der Waals surface area contributed by atoms with E-state index >= 15 is 0 Å². The summed E-state index contributed by atoms with van der Waals surface area (Å²) in [6.45, 7) is 3.05. The Morgan fingerprint density at radius 3 is 2.74 bits per heavy atom. The van der Waals surface area contributed by atoms with E-state index in [1.807, 2.05) is 12.1 Å². The zero-order valence-electron chi connectivity index (χ0n) is 11.1. The van der Waals surface area contributed by atoms with Gasteiger partial charge in [0.15, 0.2) is 0 Å². The maximum absolute atomic E-state index is 5.97. The van der Waals surface area contributed by atoms with Gasteiger partial charge in [-0.15, -0.1) is 0 Å². The van der Waals surface area contributed by atoms with E-state index in [1.165, 1.54) is 0 Å². The summed E-state index contributed by atoms with van der Waals surface area (Å²) in [7, 11) is 0. The lowest BCUT2D eigenvalue weighted by Gasteiger charge is -2.17. The lowest BCUT2D eigenvalue weighted by molar-refractivity contribution is 0.504. The number of anilines is 1. The minimum absolute atomic E-state index is 0.0626. The van der Waals surface area contributed by atoms with Crippen molar-refractivity contribution in [3.63, 3.8) is 0 Å². The number of aromatic nitrogens is 3. The van der Waals surface area contributed by atoms with Gasteiger partial charge >= 0.3 is 0 Å². The maximum atomic E-state index is 5.97. The van der Waals surface area contributed by atoms with Gasteiger partial charge in [0.2, 0.25) is 0 Å². The van der Waals surface area contributed by atoms with E-state index in [1.54, 1.807) is 24.8 Å². The molecule has 0 saturated heterocycles. The Bertz CT molecular complexity index is 500. The lowest BCUT2D eigenvalue weighted by Crippen LogP contribution is -2.26. The monoisotopic (exact) mass is 257 g/mol. The zero-order chi connectivity index (χ0) is 13.5. The van der Waals surface area contributed by atoms with E-state index in [0.29, 0.717) is 0 Å². The number of nitrogens with zero attached hydrogens (tertiary/aromatic N) is 3. The highest BCUT2D eigenvalue weighted by Gasteiger charge is 2.15. The topological polar surface area (TPSA) is 76.7 Å². The van der Waals surface area contributed by atoms with Crippen molar-refractivity contribution in [1.82, 2.24) is 20.3 Å². The number of rotatable bonds is 6. The van der Waals surface area contributed by atoms with Gasteiger partial charge in [-0.3, -0.25) is 4.98 Å². The third-order valence-electron chi connectivity index (χ3n) is 2.90. The van der Waals surface area contributed by atoms with Gasteiger partial charge in [0, 0.05) is 30.5 Å². The van der Waals surface area contributed by atoms with E-state index in [-0.39, 0.29) is 6.04 Å². The van der Waals surface area contributed by atoms with Crippen molar-refractivity contribution in [3.05, 3.63) is 48.3 Å². The molecule has 100 valence electrons. The van der Waals surface area contributed by atoms with E-state index < -0.39 is 0 Å². The molecule has 2 heterocycles. The summed E-state index contributed by atoms with van der Waals surface area (Å²) in [6.07, 6.45) is 8.83. The first-order chi connectivity index (χ1) is 9.31. The van der Waals surface area contributed by atoms with Crippen molar-refractivity contribution in [3.8, 4) is 0 Å². The smallest absolute Gasteiger partial charge is 0.145 e. The van der Waals surface area contributed by atoms with Gasteiger partial charge in [-0.05, 0) is 37.1 Å². The Balaban J connectivity index is 2.17.